The highest BCUT2D eigenvalue weighted by molar-refractivity contribution is 9.10. The Kier molecular flexibility index (Phi) is 2.89. The molecule has 0 unspecified atom stereocenters. The Bertz CT molecular complexity index is 892. The Hall–Kier alpha value is -2.33. The van der Waals surface area contributed by atoms with E-state index in [0.29, 0.717) is 5.89 Å². The highest BCUT2D eigenvalue weighted by Crippen LogP contribution is 2.26. The molecule has 0 saturated heterocycles. The van der Waals surface area contributed by atoms with Gasteiger partial charge in [-0.25, -0.2) is 4.98 Å². The average Bonchev–Trinajstić information content (AvgIpc) is 3.16. The average molecular weight is 339 g/mol. The Morgan fingerprint density at radius 2 is 1.71 bits per heavy atom. The second kappa shape index (κ2) is 4.90. The first-order valence-corrected chi connectivity index (χ1v) is 7.39. The van der Waals surface area contributed by atoms with E-state index in [1.807, 2.05) is 71.6 Å². The Morgan fingerprint density at radius 1 is 0.952 bits per heavy atom. The molecule has 4 rings (SSSR count). The molecule has 2 heterocycles. The van der Waals surface area contributed by atoms with Crippen molar-refractivity contribution >= 4 is 27.0 Å². The Labute approximate surface area is 130 Å². The van der Waals surface area contributed by atoms with E-state index in [9.17, 15) is 0 Å². The van der Waals surface area contributed by atoms with E-state index in [0.717, 1.165) is 26.8 Å². The topological polar surface area (TPSA) is 31.0 Å². The number of nitrogens with zero attached hydrogens (tertiary/aromatic N) is 2. The second-order valence-electron chi connectivity index (χ2n) is 4.77. The van der Waals surface area contributed by atoms with Crippen LogP contribution < -0.4 is 0 Å². The third kappa shape index (κ3) is 2.28. The molecule has 102 valence electrons. The van der Waals surface area contributed by atoms with Gasteiger partial charge in [0.25, 0.3) is 0 Å². The SMILES string of the molecule is Brc1ccc(-c2nc3cc(-n4cccc4)ccc3o2)cc1. The highest BCUT2D eigenvalue weighted by Gasteiger charge is 2.09. The summed E-state index contributed by atoms with van der Waals surface area (Å²) in [7, 11) is 0. The number of fused-ring (bicyclic) bond motifs is 1. The molecule has 0 fully saturated rings. The van der Waals surface area contributed by atoms with Crippen LogP contribution in [0.15, 0.2) is 75.9 Å². The predicted octanol–water partition coefficient (Wildman–Crippen LogP) is 5.05. The van der Waals surface area contributed by atoms with Crippen LogP contribution in [-0.2, 0) is 0 Å². The van der Waals surface area contributed by atoms with Crippen molar-refractivity contribution in [2.75, 3.05) is 0 Å². The third-order valence-corrected chi connectivity index (χ3v) is 3.89. The van der Waals surface area contributed by atoms with Crippen LogP contribution in [0.5, 0.6) is 0 Å². The molecule has 0 atom stereocenters. The van der Waals surface area contributed by atoms with Crippen molar-refractivity contribution < 1.29 is 4.42 Å². The lowest BCUT2D eigenvalue weighted by atomic mass is 10.2. The molecule has 3 nitrogen and oxygen atoms in total. The van der Waals surface area contributed by atoms with Crippen LogP contribution in [0.25, 0.3) is 28.2 Å². The van der Waals surface area contributed by atoms with Crippen LogP contribution in [0.2, 0.25) is 0 Å². The van der Waals surface area contributed by atoms with Crippen molar-refractivity contribution in [1.29, 1.82) is 0 Å². The molecule has 4 aromatic rings. The molecule has 0 saturated carbocycles. The van der Waals surface area contributed by atoms with Gasteiger partial charge in [0.05, 0.1) is 0 Å². The normalized spacial score (nSPS) is 11.1. The molecular weight excluding hydrogens is 328 g/mol. The number of hydrogen-bond acceptors (Lipinski definition) is 2. The van der Waals surface area contributed by atoms with Crippen LogP contribution in [0.4, 0.5) is 0 Å². The molecule has 0 amide bonds. The fourth-order valence-electron chi connectivity index (χ4n) is 2.30. The van der Waals surface area contributed by atoms with Gasteiger partial charge < -0.3 is 8.98 Å². The molecule has 0 N–H and O–H groups in total. The molecule has 21 heavy (non-hydrogen) atoms. The maximum atomic E-state index is 5.83. The zero-order chi connectivity index (χ0) is 14.2. The van der Waals surface area contributed by atoms with Crippen molar-refractivity contribution in [2.45, 2.75) is 0 Å². The first-order valence-electron chi connectivity index (χ1n) is 6.59. The molecule has 0 bridgehead atoms. The Morgan fingerprint density at radius 3 is 2.48 bits per heavy atom. The van der Waals surface area contributed by atoms with Gasteiger partial charge in [-0.2, -0.15) is 0 Å². The number of aromatic nitrogens is 2. The first-order chi connectivity index (χ1) is 10.3. The van der Waals surface area contributed by atoms with Gasteiger partial charge in [-0.1, -0.05) is 15.9 Å². The van der Waals surface area contributed by atoms with Gasteiger partial charge in [0.1, 0.15) is 5.52 Å². The van der Waals surface area contributed by atoms with E-state index >= 15 is 0 Å². The molecule has 0 radical (unpaired) electrons. The summed E-state index contributed by atoms with van der Waals surface area (Å²) in [6.07, 6.45) is 4.02. The molecule has 0 spiro atoms. The zero-order valence-electron chi connectivity index (χ0n) is 11.0. The quantitative estimate of drug-likeness (QED) is 0.512. The van der Waals surface area contributed by atoms with Crippen molar-refractivity contribution in [3.05, 3.63) is 71.5 Å². The highest BCUT2D eigenvalue weighted by atomic mass is 79.9. The minimum Gasteiger partial charge on any atom is -0.436 e. The Balaban J connectivity index is 1.81. The van der Waals surface area contributed by atoms with Gasteiger partial charge in [0.15, 0.2) is 5.58 Å². The summed E-state index contributed by atoms with van der Waals surface area (Å²) in [5.74, 6) is 0.641. The molecule has 2 aromatic carbocycles. The summed E-state index contributed by atoms with van der Waals surface area (Å²) < 4.78 is 8.92. The lowest BCUT2D eigenvalue weighted by Crippen LogP contribution is -1.88. The number of halogens is 1. The van der Waals surface area contributed by atoms with Crippen LogP contribution in [0.1, 0.15) is 0 Å². The van der Waals surface area contributed by atoms with E-state index in [1.165, 1.54) is 0 Å². The fourth-order valence-corrected chi connectivity index (χ4v) is 2.56. The smallest absolute Gasteiger partial charge is 0.227 e. The number of rotatable bonds is 2. The largest absolute Gasteiger partial charge is 0.436 e. The standard InChI is InChI=1S/C17H11BrN2O/c18-13-5-3-12(4-6-13)17-19-15-11-14(7-8-16(15)21-17)20-9-1-2-10-20/h1-11H. The van der Waals surface area contributed by atoms with Gasteiger partial charge in [0, 0.05) is 28.1 Å². The van der Waals surface area contributed by atoms with E-state index in [1.54, 1.807) is 0 Å². The van der Waals surface area contributed by atoms with Crippen LogP contribution >= 0.6 is 15.9 Å². The van der Waals surface area contributed by atoms with Crippen molar-refractivity contribution in [1.82, 2.24) is 9.55 Å². The number of hydrogen-bond donors (Lipinski definition) is 0. The van der Waals surface area contributed by atoms with Crippen molar-refractivity contribution in [3.8, 4) is 17.1 Å². The molecule has 0 aliphatic carbocycles. The van der Waals surface area contributed by atoms with E-state index in [2.05, 4.69) is 20.9 Å². The first kappa shape index (κ1) is 12.4. The number of oxazole rings is 1. The third-order valence-electron chi connectivity index (χ3n) is 3.36. The van der Waals surface area contributed by atoms with E-state index < -0.39 is 0 Å². The molecular formula is C17H11BrN2O. The predicted molar refractivity (Wildman–Crippen MR) is 86.5 cm³/mol. The van der Waals surface area contributed by atoms with Crippen LogP contribution in [0.3, 0.4) is 0 Å². The molecule has 4 heteroatoms. The van der Waals surface area contributed by atoms with Gasteiger partial charge in [0.2, 0.25) is 5.89 Å². The van der Waals surface area contributed by atoms with Gasteiger partial charge in [-0.15, -0.1) is 0 Å². The minimum absolute atomic E-state index is 0.641. The maximum absolute atomic E-state index is 5.83. The van der Waals surface area contributed by atoms with Gasteiger partial charge >= 0.3 is 0 Å². The number of benzene rings is 2. The van der Waals surface area contributed by atoms with Crippen molar-refractivity contribution in [3.63, 3.8) is 0 Å². The second-order valence-corrected chi connectivity index (χ2v) is 5.68. The summed E-state index contributed by atoms with van der Waals surface area (Å²) in [6, 6.07) is 18.0. The summed E-state index contributed by atoms with van der Waals surface area (Å²) in [6.45, 7) is 0. The van der Waals surface area contributed by atoms with Crippen LogP contribution in [-0.4, -0.2) is 9.55 Å². The maximum Gasteiger partial charge on any atom is 0.227 e. The summed E-state index contributed by atoms with van der Waals surface area (Å²) >= 11 is 3.43. The monoisotopic (exact) mass is 338 g/mol. The van der Waals surface area contributed by atoms with E-state index in [-0.39, 0.29) is 0 Å². The lowest BCUT2D eigenvalue weighted by molar-refractivity contribution is 0.620. The van der Waals surface area contributed by atoms with Gasteiger partial charge in [-0.3, -0.25) is 0 Å². The minimum atomic E-state index is 0.641. The fraction of sp³-hybridized carbons (Fsp3) is 0. The van der Waals surface area contributed by atoms with Gasteiger partial charge in [-0.05, 0) is 54.6 Å². The summed E-state index contributed by atoms with van der Waals surface area (Å²) in [5.41, 5.74) is 3.70. The summed E-state index contributed by atoms with van der Waals surface area (Å²) in [4.78, 5) is 4.59. The van der Waals surface area contributed by atoms with E-state index in [4.69, 9.17) is 4.42 Å². The lowest BCUT2D eigenvalue weighted by Gasteiger charge is -2.00. The van der Waals surface area contributed by atoms with Crippen molar-refractivity contribution in [2.24, 2.45) is 0 Å². The zero-order valence-corrected chi connectivity index (χ0v) is 12.6. The molecule has 0 aliphatic rings. The summed E-state index contributed by atoms with van der Waals surface area (Å²) in [5, 5.41) is 0. The van der Waals surface area contributed by atoms with Crippen LogP contribution in [0, 0.1) is 0 Å². The molecule has 0 aliphatic heterocycles. The molecule has 2 aromatic heterocycles.